The number of fused-ring (bicyclic) bond motifs is 1. The molecule has 0 aliphatic carbocycles. The number of rotatable bonds is 1. The molecule has 0 saturated heterocycles. The topological polar surface area (TPSA) is 29.1 Å². The fourth-order valence-electron chi connectivity index (χ4n) is 2.17. The molecule has 7 heteroatoms. The Balaban J connectivity index is 2.03. The van der Waals surface area contributed by atoms with Gasteiger partial charge in [-0.15, -0.1) is 23.1 Å². The van der Waals surface area contributed by atoms with Gasteiger partial charge in [0.15, 0.2) is 0 Å². The highest BCUT2D eigenvalue weighted by Gasteiger charge is 2.32. The van der Waals surface area contributed by atoms with E-state index in [1.807, 2.05) is 5.38 Å². The summed E-state index contributed by atoms with van der Waals surface area (Å²) in [6, 6.07) is 7.09. The molecule has 1 atom stereocenters. The molecule has 2 heterocycles. The van der Waals surface area contributed by atoms with Crippen molar-refractivity contribution < 1.29 is 18.0 Å². The lowest BCUT2D eigenvalue weighted by Gasteiger charge is -2.16. The van der Waals surface area contributed by atoms with E-state index < -0.39 is 11.7 Å². The quantitative estimate of drug-likeness (QED) is 0.832. The van der Waals surface area contributed by atoms with Crippen LogP contribution in [-0.2, 0) is 11.0 Å². The summed E-state index contributed by atoms with van der Waals surface area (Å²) in [7, 11) is 0. The van der Waals surface area contributed by atoms with Crippen LogP contribution in [0.5, 0.6) is 0 Å². The van der Waals surface area contributed by atoms with E-state index in [0.717, 1.165) is 17.0 Å². The predicted octanol–water partition coefficient (Wildman–Crippen LogP) is 4.54. The largest absolute Gasteiger partial charge is 0.416 e. The highest BCUT2D eigenvalue weighted by Crippen LogP contribution is 2.45. The van der Waals surface area contributed by atoms with Gasteiger partial charge in [-0.05, 0) is 23.1 Å². The van der Waals surface area contributed by atoms with Crippen LogP contribution in [0.25, 0.3) is 0 Å². The minimum Gasteiger partial charge on any atom is -0.324 e. The van der Waals surface area contributed by atoms with Gasteiger partial charge in [0.25, 0.3) is 0 Å². The third-order valence-electron chi connectivity index (χ3n) is 3.11. The monoisotopic (exact) mass is 329 g/mol. The summed E-state index contributed by atoms with van der Waals surface area (Å²) in [5, 5.41) is 4.34. The van der Waals surface area contributed by atoms with E-state index >= 15 is 0 Å². The van der Waals surface area contributed by atoms with E-state index in [-0.39, 0.29) is 16.9 Å². The molecule has 1 aliphatic rings. The second-order valence-electron chi connectivity index (χ2n) is 4.56. The molecule has 21 heavy (non-hydrogen) atoms. The molecular formula is C14H10F3NOS2. The van der Waals surface area contributed by atoms with Crippen molar-refractivity contribution in [2.75, 3.05) is 11.1 Å². The first-order chi connectivity index (χ1) is 9.95. The number of hydrogen-bond donors (Lipinski definition) is 1. The highest BCUT2D eigenvalue weighted by molar-refractivity contribution is 8.00. The van der Waals surface area contributed by atoms with Crippen molar-refractivity contribution in [3.8, 4) is 0 Å². The maximum atomic E-state index is 12.8. The van der Waals surface area contributed by atoms with E-state index in [1.165, 1.54) is 29.2 Å². The van der Waals surface area contributed by atoms with Crippen molar-refractivity contribution in [1.82, 2.24) is 0 Å². The first-order valence-corrected chi connectivity index (χ1v) is 8.04. The Morgan fingerprint density at radius 3 is 2.81 bits per heavy atom. The SMILES string of the molecule is O=C1CS[C@H](c2cccc(C(F)(F)F)c2)c2sccc2N1. The maximum absolute atomic E-state index is 12.8. The van der Waals surface area contributed by atoms with Gasteiger partial charge in [-0.25, -0.2) is 0 Å². The molecule has 0 radical (unpaired) electrons. The summed E-state index contributed by atoms with van der Waals surface area (Å²) in [4.78, 5) is 12.5. The number of thiophene rings is 1. The number of thioether (sulfide) groups is 1. The standard InChI is InChI=1S/C14H10F3NOS2/c15-14(16,17)9-3-1-2-8(6-9)12-13-10(4-5-20-13)18-11(19)7-21-12/h1-6,12H,7H2,(H,18,19)/t12-/m1/s1. The van der Waals surface area contributed by atoms with Crippen LogP contribution in [0.4, 0.5) is 18.9 Å². The molecule has 2 nitrogen and oxygen atoms in total. The Hall–Kier alpha value is -1.47. The van der Waals surface area contributed by atoms with E-state index in [9.17, 15) is 18.0 Å². The fraction of sp³-hybridized carbons (Fsp3) is 0.214. The molecule has 0 spiro atoms. The van der Waals surface area contributed by atoms with Crippen LogP contribution < -0.4 is 5.32 Å². The Morgan fingerprint density at radius 1 is 1.24 bits per heavy atom. The van der Waals surface area contributed by atoms with Crippen LogP contribution in [0, 0.1) is 0 Å². The molecule has 0 unspecified atom stereocenters. The Labute approximate surface area is 127 Å². The van der Waals surface area contributed by atoms with Crippen LogP contribution in [0.3, 0.4) is 0 Å². The van der Waals surface area contributed by atoms with Crippen molar-refractivity contribution in [3.63, 3.8) is 0 Å². The average Bonchev–Trinajstić information content (AvgIpc) is 2.80. The summed E-state index contributed by atoms with van der Waals surface area (Å²) in [5.74, 6) is 0.0941. The van der Waals surface area contributed by atoms with Gasteiger partial charge in [0, 0.05) is 4.88 Å². The third kappa shape index (κ3) is 2.94. The summed E-state index contributed by atoms with van der Waals surface area (Å²) in [6.45, 7) is 0. The molecule has 3 rings (SSSR count). The molecule has 1 amide bonds. The summed E-state index contributed by atoms with van der Waals surface area (Å²) in [6.07, 6.45) is -4.36. The zero-order chi connectivity index (χ0) is 15.0. The van der Waals surface area contributed by atoms with E-state index in [4.69, 9.17) is 0 Å². The molecule has 0 bridgehead atoms. The van der Waals surface area contributed by atoms with Crippen LogP contribution in [0.1, 0.15) is 21.3 Å². The van der Waals surface area contributed by atoms with Gasteiger partial charge in [0.1, 0.15) is 0 Å². The fourth-order valence-corrected chi connectivity index (χ4v) is 4.41. The lowest BCUT2D eigenvalue weighted by atomic mass is 10.1. The van der Waals surface area contributed by atoms with E-state index in [2.05, 4.69) is 5.32 Å². The van der Waals surface area contributed by atoms with Crippen LogP contribution in [0.2, 0.25) is 0 Å². The summed E-state index contributed by atoms with van der Waals surface area (Å²) >= 11 is 2.78. The van der Waals surface area contributed by atoms with Crippen molar-refractivity contribution in [2.24, 2.45) is 0 Å². The molecule has 1 N–H and O–H groups in total. The van der Waals surface area contributed by atoms with E-state index in [0.29, 0.717) is 11.3 Å². The number of nitrogens with one attached hydrogen (secondary N) is 1. The zero-order valence-electron chi connectivity index (χ0n) is 10.6. The molecule has 1 aromatic heterocycles. The number of hydrogen-bond acceptors (Lipinski definition) is 3. The third-order valence-corrected chi connectivity index (χ3v) is 5.51. The van der Waals surface area contributed by atoms with Gasteiger partial charge in [-0.1, -0.05) is 18.2 Å². The van der Waals surface area contributed by atoms with Crippen LogP contribution >= 0.6 is 23.1 Å². The normalized spacial score (nSPS) is 18.8. The number of alkyl halides is 3. The van der Waals surface area contributed by atoms with Gasteiger partial charge in [-0.3, -0.25) is 4.79 Å². The summed E-state index contributed by atoms with van der Waals surface area (Å²) in [5.41, 5.74) is 0.592. The Kier molecular flexibility index (Phi) is 3.71. The van der Waals surface area contributed by atoms with Gasteiger partial charge >= 0.3 is 6.18 Å². The van der Waals surface area contributed by atoms with Crippen molar-refractivity contribution in [3.05, 3.63) is 51.7 Å². The smallest absolute Gasteiger partial charge is 0.324 e. The molecule has 1 aromatic carbocycles. The molecule has 0 saturated carbocycles. The van der Waals surface area contributed by atoms with E-state index in [1.54, 1.807) is 12.1 Å². The molecule has 0 fully saturated rings. The minimum absolute atomic E-state index is 0.130. The van der Waals surface area contributed by atoms with Crippen molar-refractivity contribution >= 4 is 34.7 Å². The Bertz CT molecular complexity index is 681. The lowest BCUT2D eigenvalue weighted by molar-refractivity contribution is -0.137. The summed E-state index contributed by atoms with van der Waals surface area (Å²) < 4.78 is 38.5. The van der Waals surface area contributed by atoms with Gasteiger partial charge < -0.3 is 5.32 Å². The second kappa shape index (κ2) is 5.38. The Morgan fingerprint density at radius 2 is 2.05 bits per heavy atom. The molecule has 1 aliphatic heterocycles. The van der Waals surface area contributed by atoms with Crippen LogP contribution in [-0.4, -0.2) is 11.7 Å². The lowest BCUT2D eigenvalue weighted by Crippen LogP contribution is -2.11. The first kappa shape index (κ1) is 14.5. The molecular weight excluding hydrogens is 319 g/mol. The number of carbonyl (C=O) groups excluding carboxylic acids is 1. The van der Waals surface area contributed by atoms with Gasteiger partial charge in [-0.2, -0.15) is 13.2 Å². The van der Waals surface area contributed by atoms with Crippen LogP contribution in [0.15, 0.2) is 35.7 Å². The van der Waals surface area contributed by atoms with Gasteiger partial charge in [0.2, 0.25) is 5.91 Å². The number of benzene rings is 1. The number of carbonyl (C=O) groups is 1. The van der Waals surface area contributed by atoms with Crippen molar-refractivity contribution in [2.45, 2.75) is 11.4 Å². The highest BCUT2D eigenvalue weighted by atomic mass is 32.2. The van der Waals surface area contributed by atoms with Gasteiger partial charge in [0.05, 0.1) is 22.3 Å². The molecule has 2 aromatic rings. The second-order valence-corrected chi connectivity index (χ2v) is 6.60. The van der Waals surface area contributed by atoms with Crippen molar-refractivity contribution in [1.29, 1.82) is 0 Å². The number of anilines is 1. The predicted molar refractivity (Wildman–Crippen MR) is 78.7 cm³/mol. The maximum Gasteiger partial charge on any atom is 0.416 e. The number of amides is 1. The first-order valence-electron chi connectivity index (χ1n) is 6.11. The average molecular weight is 329 g/mol. The molecule has 110 valence electrons. The minimum atomic E-state index is -4.36. The zero-order valence-corrected chi connectivity index (χ0v) is 12.2. The number of halogens is 3.